The molecule has 0 heterocycles. The summed E-state index contributed by atoms with van der Waals surface area (Å²) in [4.78, 5) is 13.5. The molecule has 0 radical (unpaired) electrons. The summed E-state index contributed by atoms with van der Waals surface area (Å²) in [5, 5.41) is 9.61. The number of hydrogen-bond donors (Lipinski definition) is 1. The van der Waals surface area contributed by atoms with Gasteiger partial charge < -0.3 is 10.0 Å². The van der Waals surface area contributed by atoms with Crippen molar-refractivity contribution < 1.29 is 9.90 Å². The quantitative estimate of drug-likeness (QED) is 0.899. The molecule has 3 nitrogen and oxygen atoms in total. The fourth-order valence-corrected chi connectivity index (χ4v) is 1.46. The van der Waals surface area contributed by atoms with Crippen LogP contribution >= 0.6 is 15.9 Å². The predicted octanol–water partition coefficient (Wildman–Crippen LogP) is 2.64. The van der Waals surface area contributed by atoms with Crippen LogP contribution in [0.1, 0.15) is 24.2 Å². The third kappa shape index (κ3) is 2.72. The molecule has 1 aromatic rings. The molecule has 1 rings (SSSR count). The van der Waals surface area contributed by atoms with Gasteiger partial charge in [0.05, 0.1) is 5.56 Å². The normalized spacial score (nSPS) is 10.5. The molecule has 82 valence electrons. The highest BCUT2D eigenvalue weighted by Crippen LogP contribution is 2.23. The summed E-state index contributed by atoms with van der Waals surface area (Å²) < 4.78 is 0.753. The number of carbonyl (C=O) groups excluding carboxylic acids is 1. The van der Waals surface area contributed by atoms with E-state index in [1.54, 1.807) is 24.1 Å². The van der Waals surface area contributed by atoms with Crippen molar-refractivity contribution in [3.8, 4) is 5.75 Å². The Hall–Kier alpha value is -1.03. The van der Waals surface area contributed by atoms with Gasteiger partial charge >= 0.3 is 0 Å². The Morgan fingerprint density at radius 2 is 2.07 bits per heavy atom. The Balaban J connectivity index is 3.01. The van der Waals surface area contributed by atoms with E-state index in [9.17, 15) is 9.90 Å². The molecule has 0 aliphatic heterocycles. The molecular formula is C11H14BrNO2. The van der Waals surface area contributed by atoms with Crippen molar-refractivity contribution >= 4 is 21.8 Å². The number of amides is 1. The molecule has 0 aliphatic rings. The standard InChI is InChI=1S/C11H14BrNO2/c1-7(2)13(3)11(15)9-5-4-8(12)6-10(9)14/h4-7,14H,1-3H3. The molecule has 0 spiro atoms. The first kappa shape index (κ1) is 12.0. The minimum Gasteiger partial charge on any atom is -0.507 e. The van der Waals surface area contributed by atoms with Crippen LogP contribution in [0.25, 0.3) is 0 Å². The van der Waals surface area contributed by atoms with Gasteiger partial charge in [-0.15, -0.1) is 0 Å². The number of aromatic hydroxyl groups is 1. The maximum absolute atomic E-state index is 11.9. The van der Waals surface area contributed by atoms with Crippen molar-refractivity contribution in [3.63, 3.8) is 0 Å². The van der Waals surface area contributed by atoms with Crippen molar-refractivity contribution in [2.45, 2.75) is 19.9 Å². The van der Waals surface area contributed by atoms with Crippen molar-refractivity contribution in [2.75, 3.05) is 7.05 Å². The monoisotopic (exact) mass is 271 g/mol. The van der Waals surface area contributed by atoms with Gasteiger partial charge in [0.15, 0.2) is 0 Å². The summed E-state index contributed by atoms with van der Waals surface area (Å²) in [5.41, 5.74) is 0.328. The molecule has 1 N–H and O–H groups in total. The number of carbonyl (C=O) groups is 1. The first-order valence-electron chi connectivity index (χ1n) is 4.69. The molecule has 0 bridgehead atoms. The van der Waals surface area contributed by atoms with E-state index in [1.165, 1.54) is 6.07 Å². The van der Waals surface area contributed by atoms with Crippen LogP contribution in [-0.4, -0.2) is 29.0 Å². The molecule has 0 saturated heterocycles. The fourth-order valence-electron chi connectivity index (χ4n) is 1.11. The Bertz CT molecular complexity index is 377. The van der Waals surface area contributed by atoms with E-state index in [0.717, 1.165) is 4.47 Å². The Kier molecular flexibility index (Phi) is 3.74. The number of nitrogens with zero attached hydrogens (tertiary/aromatic N) is 1. The van der Waals surface area contributed by atoms with Gasteiger partial charge in [-0.3, -0.25) is 4.79 Å². The van der Waals surface area contributed by atoms with Crippen molar-refractivity contribution in [1.29, 1.82) is 0 Å². The summed E-state index contributed by atoms with van der Waals surface area (Å²) in [5.74, 6) is -0.170. The van der Waals surface area contributed by atoms with E-state index in [1.807, 2.05) is 13.8 Å². The number of phenolic OH excluding ortho intramolecular Hbond substituents is 1. The van der Waals surface area contributed by atoms with Gasteiger partial charge in [-0.2, -0.15) is 0 Å². The van der Waals surface area contributed by atoms with E-state index in [0.29, 0.717) is 5.56 Å². The number of benzene rings is 1. The minimum absolute atomic E-state index is 0.00174. The van der Waals surface area contributed by atoms with Gasteiger partial charge in [-0.25, -0.2) is 0 Å². The SMILES string of the molecule is CC(C)N(C)C(=O)c1ccc(Br)cc1O. The summed E-state index contributed by atoms with van der Waals surface area (Å²) in [6.07, 6.45) is 0. The second kappa shape index (κ2) is 4.66. The highest BCUT2D eigenvalue weighted by atomic mass is 79.9. The Morgan fingerprint density at radius 1 is 1.47 bits per heavy atom. The van der Waals surface area contributed by atoms with Crippen LogP contribution < -0.4 is 0 Å². The second-order valence-corrected chi connectivity index (χ2v) is 4.59. The summed E-state index contributed by atoms with van der Waals surface area (Å²) in [6, 6.07) is 4.98. The molecule has 0 fully saturated rings. The lowest BCUT2D eigenvalue weighted by atomic mass is 10.1. The summed E-state index contributed by atoms with van der Waals surface area (Å²) in [6.45, 7) is 3.85. The van der Waals surface area contributed by atoms with Crippen LogP contribution in [0.4, 0.5) is 0 Å². The molecular weight excluding hydrogens is 258 g/mol. The molecule has 0 unspecified atom stereocenters. The van der Waals surface area contributed by atoms with Gasteiger partial charge in [-0.1, -0.05) is 15.9 Å². The third-order valence-corrected chi connectivity index (χ3v) is 2.78. The maximum atomic E-state index is 11.9. The smallest absolute Gasteiger partial charge is 0.257 e. The average Bonchev–Trinajstić information content (AvgIpc) is 2.15. The van der Waals surface area contributed by atoms with E-state index >= 15 is 0 Å². The van der Waals surface area contributed by atoms with E-state index in [2.05, 4.69) is 15.9 Å². The molecule has 15 heavy (non-hydrogen) atoms. The highest BCUT2D eigenvalue weighted by Gasteiger charge is 2.17. The van der Waals surface area contributed by atoms with Crippen molar-refractivity contribution in [1.82, 2.24) is 4.90 Å². The van der Waals surface area contributed by atoms with Gasteiger partial charge in [0.25, 0.3) is 5.91 Å². The highest BCUT2D eigenvalue weighted by molar-refractivity contribution is 9.10. The van der Waals surface area contributed by atoms with Crippen LogP contribution in [0, 0.1) is 0 Å². The lowest BCUT2D eigenvalue weighted by molar-refractivity contribution is 0.0752. The number of hydrogen-bond acceptors (Lipinski definition) is 2. The molecule has 0 aliphatic carbocycles. The van der Waals surface area contributed by atoms with Gasteiger partial charge in [0, 0.05) is 17.6 Å². The third-order valence-electron chi connectivity index (χ3n) is 2.29. The lowest BCUT2D eigenvalue weighted by Crippen LogP contribution is -2.32. The minimum atomic E-state index is -0.171. The largest absolute Gasteiger partial charge is 0.507 e. The number of phenols is 1. The zero-order valence-corrected chi connectivity index (χ0v) is 10.6. The molecule has 0 aromatic heterocycles. The lowest BCUT2D eigenvalue weighted by Gasteiger charge is -2.21. The van der Waals surface area contributed by atoms with E-state index in [-0.39, 0.29) is 17.7 Å². The maximum Gasteiger partial charge on any atom is 0.257 e. The summed E-state index contributed by atoms with van der Waals surface area (Å²) >= 11 is 3.23. The molecule has 1 amide bonds. The zero-order chi connectivity index (χ0) is 11.6. The van der Waals surface area contributed by atoms with Gasteiger partial charge in [0.2, 0.25) is 0 Å². The number of rotatable bonds is 2. The second-order valence-electron chi connectivity index (χ2n) is 3.67. The predicted molar refractivity (Wildman–Crippen MR) is 63.0 cm³/mol. The van der Waals surface area contributed by atoms with E-state index < -0.39 is 0 Å². The van der Waals surface area contributed by atoms with Gasteiger partial charge in [-0.05, 0) is 32.0 Å². The number of halogens is 1. The zero-order valence-electron chi connectivity index (χ0n) is 8.99. The first-order valence-corrected chi connectivity index (χ1v) is 5.48. The average molecular weight is 272 g/mol. The van der Waals surface area contributed by atoms with Crippen molar-refractivity contribution in [2.24, 2.45) is 0 Å². The Morgan fingerprint density at radius 3 is 2.53 bits per heavy atom. The van der Waals surface area contributed by atoms with Crippen LogP contribution in [-0.2, 0) is 0 Å². The topological polar surface area (TPSA) is 40.5 Å². The molecule has 1 aromatic carbocycles. The molecule has 0 saturated carbocycles. The van der Waals surface area contributed by atoms with Crippen molar-refractivity contribution in [3.05, 3.63) is 28.2 Å². The van der Waals surface area contributed by atoms with Crippen LogP contribution in [0.2, 0.25) is 0 Å². The fraction of sp³-hybridized carbons (Fsp3) is 0.364. The van der Waals surface area contributed by atoms with Crippen LogP contribution in [0.15, 0.2) is 22.7 Å². The Labute approximate surface area is 97.8 Å². The van der Waals surface area contributed by atoms with E-state index in [4.69, 9.17) is 0 Å². The first-order chi connectivity index (χ1) is 6.93. The van der Waals surface area contributed by atoms with Gasteiger partial charge in [0.1, 0.15) is 5.75 Å². The summed E-state index contributed by atoms with van der Waals surface area (Å²) in [7, 11) is 1.72. The van der Waals surface area contributed by atoms with Crippen LogP contribution in [0.5, 0.6) is 5.75 Å². The molecule has 4 heteroatoms. The molecule has 0 atom stereocenters. The van der Waals surface area contributed by atoms with Crippen LogP contribution in [0.3, 0.4) is 0 Å².